The second-order valence-corrected chi connectivity index (χ2v) is 9.60. The molecule has 28 heavy (non-hydrogen) atoms. The number of piperidine rings is 1. The Balaban J connectivity index is 1.45. The molecule has 1 fully saturated rings. The molecular weight excluding hydrogens is 396 g/mol. The van der Waals surface area contributed by atoms with Gasteiger partial charge < -0.3 is 5.32 Å². The third-order valence-electron chi connectivity index (χ3n) is 5.04. The number of nitrogens with one attached hydrogen (secondary N) is 1. The molecule has 150 valence electrons. The minimum Gasteiger partial charge on any atom is -0.326 e. The van der Waals surface area contributed by atoms with Crippen molar-refractivity contribution in [3.8, 4) is 0 Å². The fraction of sp³-hybridized carbons (Fsp3) is 0.381. The predicted molar refractivity (Wildman–Crippen MR) is 113 cm³/mol. The van der Waals surface area contributed by atoms with Gasteiger partial charge in [0, 0.05) is 29.7 Å². The molecule has 0 radical (unpaired) electrons. The number of carbonyl (C=O) groups is 1. The van der Waals surface area contributed by atoms with Gasteiger partial charge in [-0.2, -0.15) is 0 Å². The van der Waals surface area contributed by atoms with E-state index in [4.69, 9.17) is 11.6 Å². The number of anilines is 1. The van der Waals surface area contributed by atoms with E-state index in [1.807, 2.05) is 30.3 Å². The maximum Gasteiger partial charge on any atom is 0.227 e. The lowest BCUT2D eigenvalue weighted by molar-refractivity contribution is -0.120. The van der Waals surface area contributed by atoms with Crippen LogP contribution < -0.4 is 5.32 Å². The Hall–Kier alpha value is -1.89. The molecule has 0 unspecified atom stereocenters. The van der Waals surface area contributed by atoms with Crippen molar-refractivity contribution in [3.63, 3.8) is 0 Å². The van der Waals surface area contributed by atoms with E-state index in [1.165, 1.54) is 4.31 Å². The minimum atomic E-state index is -3.28. The van der Waals surface area contributed by atoms with Gasteiger partial charge in [0.1, 0.15) is 0 Å². The number of hydrogen-bond donors (Lipinski definition) is 1. The summed E-state index contributed by atoms with van der Waals surface area (Å²) in [6.07, 6.45) is 2.43. The maximum absolute atomic E-state index is 12.6. The largest absolute Gasteiger partial charge is 0.326 e. The molecule has 0 atom stereocenters. The van der Waals surface area contributed by atoms with Crippen molar-refractivity contribution in [1.82, 2.24) is 4.31 Å². The Labute approximate surface area is 171 Å². The third-order valence-corrected chi connectivity index (χ3v) is 7.25. The normalized spacial score (nSPS) is 16.0. The van der Waals surface area contributed by atoms with Crippen molar-refractivity contribution in [1.29, 1.82) is 0 Å². The summed E-state index contributed by atoms with van der Waals surface area (Å²) in [6.45, 7) is 0.790. The molecule has 0 saturated carbocycles. The predicted octanol–water partition coefficient (Wildman–Crippen LogP) is 3.95. The number of sulfonamides is 1. The fourth-order valence-electron chi connectivity index (χ4n) is 3.41. The number of nitrogens with zero attached hydrogens (tertiary/aromatic N) is 1. The van der Waals surface area contributed by atoms with Crippen LogP contribution in [0.3, 0.4) is 0 Å². The maximum atomic E-state index is 12.6. The molecule has 2 aromatic rings. The average Bonchev–Trinajstić information content (AvgIpc) is 2.70. The summed E-state index contributed by atoms with van der Waals surface area (Å²) in [6, 6.07) is 16.9. The molecule has 7 heteroatoms. The number of hydrogen-bond acceptors (Lipinski definition) is 3. The lowest BCUT2D eigenvalue weighted by Crippen LogP contribution is -2.42. The lowest BCUT2D eigenvalue weighted by atomic mass is 9.97. The molecular formula is C21H25ClN2O3S. The number of carbonyl (C=O) groups excluding carboxylic acids is 1. The van der Waals surface area contributed by atoms with Gasteiger partial charge in [-0.15, -0.1) is 0 Å². The lowest BCUT2D eigenvalue weighted by Gasteiger charge is -2.30. The number of rotatable bonds is 7. The van der Waals surface area contributed by atoms with Crippen molar-refractivity contribution in [2.75, 3.05) is 24.2 Å². The Kier molecular flexibility index (Phi) is 7.10. The van der Waals surface area contributed by atoms with E-state index < -0.39 is 10.0 Å². The molecule has 0 bridgehead atoms. The van der Waals surface area contributed by atoms with Crippen LogP contribution in [-0.4, -0.2) is 37.5 Å². The van der Waals surface area contributed by atoms with Crippen LogP contribution in [0, 0.1) is 5.92 Å². The van der Waals surface area contributed by atoms with Crippen LogP contribution in [0.15, 0.2) is 54.6 Å². The first-order valence-electron chi connectivity index (χ1n) is 9.52. The Morgan fingerprint density at radius 2 is 1.68 bits per heavy atom. The van der Waals surface area contributed by atoms with Gasteiger partial charge >= 0.3 is 0 Å². The van der Waals surface area contributed by atoms with Crippen molar-refractivity contribution in [2.45, 2.75) is 25.7 Å². The van der Waals surface area contributed by atoms with Gasteiger partial charge in [-0.1, -0.05) is 41.9 Å². The van der Waals surface area contributed by atoms with E-state index in [1.54, 1.807) is 24.3 Å². The highest BCUT2D eigenvalue weighted by Crippen LogP contribution is 2.23. The van der Waals surface area contributed by atoms with Crippen molar-refractivity contribution >= 4 is 33.2 Å². The topological polar surface area (TPSA) is 66.5 Å². The number of halogens is 1. The Morgan fingerprint density at radius 3 is 2.32 bits per heavy atom. The molecule has 3 rings (SSSR count). The highest BCUT2D eigenvalue weighted by molar-refractivity contribution is 7.89. The number of benzene rings is 2. The summed E-state index contributed by atoms with van der Waals surface area (Å²) in [5.41, 5.74) is 1.85. The standard InChI is InChI=1S/C21H25ClN2O3S/c22-19-8-10-20(11-9-19)23-21(25)18-12-14-24(15-13-18)28(26,27)16-4-7-17-5-2-1-3-6-17/h1-3,5-6,8-11,18H,4,7,12-16H2,(H,23,25). The Morgan fingerprint density at radius 1 is 1.04 bits per heavy atom. The summed E-state index contributed by atoms with van der Waals surface area (Å²) in [7, 11) is -3.28. The summed E-state index contributed by atoms with van der Waals surface area (Å²) < 4.78 is 26.7. The quantitative estimate of drug-likeness (QED) is 0.737. The van der Waals surface area contributed by atoms with Crippen LogP contribution in [0.2, 0.25) is 5.02 Å². The van der Waals surface area contributed by atoms with Gasteiger partial charge in [0.05, 0.1) is 5.75 Å². The van der Waals surface area contributed by atoms with E-state index in [-0.39, 0.29) is 17.6 Å². The van der Waals surface area contributed by atoms with Crippen LogP contribution in [0.25, 0.3) is 0 Å². The van der Waals surface area contributed by atoms with E-state index in [9.17, 15) is 13.2 Å². The van der Waals surface area contributed by atoms with Gasteiger partial charge in [0.25, 0.3) is 0 Å². The molecule has 1 heterocycles. The van der Waals surface area contributed by atoms with Crippen LogP contribution in [-0.2, 0) is 21.2 Å². The molecule has 1 saturated heterocycles. The molecule has 0 spiro atoms. The van der Waals surface area contributed by atoms with Crippen molar-refractivity contribution in [2.24, 2.45) is 5.92 Å². The average molecular weight is 421 g/mol. The van der Waals surface area contributed by atoms with Gasteiger partial charge in [-0.3, -0.25) is 4.79 Å². The zero-order chi connectivity index (χ0) is 20.0. The molecule has 0 aromatic heterocycles. The molecule has 5 nitrogen and oxygen atoms in total. The van der Waals surface area contributed by atoms with E-state index in [0.717, 1.165) is 12.0 Å². The number of amides is 1. The smallest absolute Gasteiger partial charge is 0.227 e. The van der Waals surface area contributed by atoms with Crippen LogP contribution in [0.5, 0.6) is 0 Å². The third kappa shape index (κ3) is 5.80. The van der Waals surface area contributed by atoms with Crippen LogP contribution >= 0.6 is 11.6 Å². The van der Waals surface area contributed by atoms with Crippen molar-refractivity contribution in [3.05, 3.63) is 65.2 Å². The molecule has 1 aliphatic rings. The monoisotopic (exact) mass is 420 g/mol. The van der Waals surface area contributed by atoms with Gasteiger partial charge in [0.15, 0.2) is 0 Å². The van der Waals surface area contributed by atoms with E-state index in [0.29, 0.717) is 43.1 Å². The molecule has 1 amide bonds. The van der Waals surface area contributed by atoms with Crippen molar-refractivity contribution < 1.29 is 13.2 Å². The SMILES string of the molecule is O=C(Nc1ccc(Cl)cc1)C1CCN(S(=O)(=O)CCCc2ccccc2)CC1. The second-order valence-electron chi connectivity index (χ2n) is 7.07. The highest BCUT2D eigenvalue weighted by atomic mass is 35.5. The summed E-state index contributed by atoms with van der Waals surface area (Å²) >= 11 is 5.85. The summed E-state index contributed by atoms with van der Waals surface area (Å²) in [5, 5.41) is 3.49. The number of aryl methyl sites for hydroxylation is 1. The molecule has 0 aliphatic carbocycles. The van der Waals surface area contributed by atoms with Gasteiger partial charge in [-0.25, -0.2) is 12.7 Å². The zero-order valence-corrected chi connectivity index (χ0v) is 17.3. The summed E-state index contributed by atoms with van der Waals surface area (Å²) in [5.74, 6) is -0.0984. The molecule has 1 N–H and O–H groups in total. The summed E-state index contributed by atoms with van der Waals surface area (Å²) in [4.78, 5) is 12.4. The molecule has 1 aliphatic heterocycles. The first-order chi connectivity index (χ1) is 13.4. The van der Waals surface area contributed by atoms with Crippen LogP contribution in [0.4, 0.5) is 5.69 Å². The van der Waals surface area contributed by atoms with E-state index >= 15 is 0 Å². The van der Waals surface area contributed by atoms with Crippen LogP contribution in [0.1, 0.15) is 24.8 Å². The minimum absolute atomic E-state index is 0.0663. The zero-order valence-electron chi connectivity index (χ0n) is 15.7. The van der Waals surface area contributed by atoms with Gasteiger partial charge in [-0.05, 0) is 55.5 Å². The Bertz CT molecular complexity index is 878. The highest BCUT2D eigenvalue weighted by Gasteiger charge is 2.30. The first kappa shape index (κ1) is 20.8. The molecule has 2 aromatic carbocycles. The van der Waals surface area contributed by atoms with E-state index in [2.05, 4.69) is 5.32 Å². The first-order valence-corrected chi connectivity index (χ1v) is 11.5. The second kappa shape index (κ2) is 9.54. The van der Waals surface area contributed by atoms with Gasteiger partial charge in [0.2, 0.25) is 15.9 Å². The fourth-order valence-corrected chi connectivity index (χ4v) is 5.07.